The van der Waals surface area contributed by atoms with Crippen LogP contribution in [0.5, 0.6) is 0 Å². The fourth-order valence-corrected chi connectivity index (χ4v) is 2.68. The first kappa shape index (κ1) is 17.2. The third-order valence-electron chi connectivity index (χ3n) is 3.40. The van der Waals surface area contributed by atoms with E-state index in [1.165, 1.54) is 19.3 Å². The summed E-state index contributed by atoms with van der Waals surface area (Å²) < 4.78 is 4.99. The van der Waals surface area contributed by atoms with Gasteiger partial charge in [-0.3, -0.25) is 0 Å². The molecule has 1 fully saturated rings. The summed E-state index contributed by atoms with van der Waals surface area (Å²) in [7, 11) is 1.68. The van der Waals surface area contributed by atoms with E-state index in [9.17, 15) is 0 Å². The van der Waals surface area contributed by atoms with Gasteiger partial charge in [0.25, 0.3) is 0 Å². The molecule has 1 aliphatic rings. The molecule has 122 valence electrons. The highest BCUT2D eigenvalue weighted by molar-refractivity contribution is 7.80. The molecule has 1 aliphatic heterocycles. The second kappa shape index (κ2) is 9.07. The van der Waals surface area contributed by atoms with Crippen molar-refractivity contribution in [2.24, 2.45) is 0 Å². The molecule has 0 spiro atoms. The van der Waals surface area contributed by atoms with Crippen LogP contribution in [-0.2, 0) is 4.74 Å². The molecule has 0 amide bonds. The maximum Gasteiger partial charge on any atom is 0.232 e. The van der Waals surface area contributed by atoms with Gasteiger partial charge in [0.05, 0.1) is 0 Å². The number of hydrogen-bond donors (Lipinski definition) is 2. The summed E-state index contributed by atoms with van der Waals surface area (Å²) >= 11 is 11.3. The second-order valence-corrected chi connectivity index (χ2v) is 5.94. The maximum absolute atomic E-state index is 6.10. The SMILES string of the molecule is COCCCNC(=S)Nc1nc(Cl)cc(N2CCCCC2)n1. The zero-order valence-corrected chi connectivity index (χ0v) is 14.3. The van der Waals surface area contributed by atoms with Gasteiger partial charge < -0.3 is 20.3 Å². The van der Waals surface area contributed by atoms with Gasteiger partial charge in [-0.2, -0.15) is 4.98 Å². The largest absolute Gasteiger partial charge is 0.385 e. The van der Waals surface area contributed by atoms with Gasteiger partial charge in [0, 0.05) is 39.4 Å². The van der Waals surface area contributed by atoms with Gasteiger partial charge in [0.2, 0.25) is 5.95 Å². The van der Waals surface area contributed by atoms with E-state index in [-0.39, 0.29) is 0 Å². The number of hydrogen-bond acceptors (Lipinski definition) is 5. The molecule has 1 aromatic rings. The number of nitrogens with zero attached hydrogens (tertiary/aromatic N) is 3. The molecule has 0 bridgehead atoms. The van der Waals surface area contributed by atoms with Crippen molar-refractivity contribution in [3.63, 3.8) is 0 Å². The van der Waals surface area contributed by atoms with E-state index in [2.05, 4.69) is 25.5 Å². The topological polar surface area (TPSA) is 62.3 Å². The summed E-state index contributed by atoms with van der Waals surface area (Å²) in [5.74, 6) is 1.28. The number of rotatable bonds is 6. The van der Waals surface area contributed by atoms with Crippen LogP contribution in [0.15, 0.2) is 6.07 Å². The smallest absolute Gasteiger partial charge is 0.232 e. The van der Waals surface area contributed by atoms with Gasteiger partial charge >= 0.3 is 0 Å². The van der Waals surface area contributed by atoms with Crippen molar-refractivity contribution < 1.29 is 4.74 Å². The van der Waals surface area contributed by atoms with Crippen LogP contribution in [0.2, 0.25) is 5.15 Å². The molecule has 0 unspecified atom stereocenters. The van der Waals surface area contributed by atoms with Crippen molar-refractivity contribution in [2.75, 3.05) is 43.6 Å². The van der Waals surface area contributed by atoms with Crippen molar-refractivity contribution in [3.8, 4) is 0 Å². The highest BCUT2D eigenvalue weighted by atomic mass is 35.5. The summed E-state index contributed by atoms with van der Waals surface area (Å²) in [5.41, 5.74) is 0. The summed E-state index contributed by atoms with van der Waals surface area (Å²) in [6, 6.07) is 1.80. The third-order valence-corrected chi connectivity index (χ3v) is 3.84. The van der Waals surface area contributed by atoms with Crippen molar-refractivity contribution in [1.29, 1.82) is 0 Å². The first-order valence-electron chi connectivity index (χ1n) is 7.52. The van der Waals surface area contributed by atoms with E-state index >= 15 is 0 Å². The summed E-state index contributed by atoms with van der Waals surface area (Å²) in [5, 5.41) is 6.98. The molecule has 1 aromatic heterocycles. The minimum absolute atomic E-state index is 0.417. The van der Waals surface area contributed by atoms with E-state index in [4.69, 9.17) is 28.6 Å². The van der Waals surface area contributed by atoms with Crippen molar-refractivity contribution in [2.45, 2.75) is 25.7 Å². The second-order valence-electron chi connectivity index (χ2n) is 5.15. The van der Waals surface area contributed by atoms with Crippen LogP contribution in [0.3, 0.4) is 0 Å². The summed E-state index contributed by atoms with van der Waals surface area (Å²) in [6.45, 7) is 3.45. The van der Waals surface area contributed by atoms with E-state index < -0.39 is 0 Å². The molecule has 22 heavy (non-hydrogen) atoms. The minimum Gasteiger partial charge on any atom is -0.385 e. The molecular formula is C14H22ClN5OS. The normalized spacial score (nSPS) is 14.7. The minimum atomic E-state index is 0.417. The number of piperidine rings is 1. The number of nitrogens with one attached hydrogen (secondary N) is 2. The molecule has 0 saturated carbocycles. The molecule has 0 atom stereocenters. The standard InChI is InChI=1S/C14H22ClN5OS/c1-21-9-5-6-16-14(22)19-13-17-11(15)10-12(18-13)20-7-3-2-4-8-20/h10H,2-9H2,1H3,(H2,16,17,18,19,22). The van der Waals surface area contributed by atoms with Gasteiger partial charge in [-0.1, -0.05) is 11.6 Å². The van der Waals surface area contributed by atoms with Crippen LogP contribution in [0.4, 0.5) is 11.8 Å². The van der Waals surface area contributed by atoms with Gasteiger partial charge in [0.15, 0.2) is 5.11 Å². The molecule has 0 aromatic carbocycles. The van der Waals surface area contributed by atoms with Gasteiger partial charge in [-0.05, 0) is 37.9 Å². The number of aromatic nitrogens is 2. The van der Waals surface area contributed by atoms with Crippen LogP contribution >= 0.6 is 23.8 Å². The Hall–Kier alpha value is -1.18. The number of thiocarbonyl (C=S) groups is 1. The monoisotopic (exact) mass is 343 g/mol. The Morgan fingerprint density at radius 3 is 2.86 bits per heavy atom. The van der Waals surface area contributed by atoms with E-state index in [1.54, 1.807) is 13.2 Å². The van der Waals surface area contributed by atoms with Crippen LogP contribution in [0.1, 0.15) is 25.7 Å². The molecular weight excluding hydrogens is 322 g/mol. The lowest BCUT2D eigenvalue weighted by molar-refractivity contribution is 0.196. The zero-order valence-electron chi connectivity index (χ0n) is 12.8. The van der Waals surface area contributed by atoms with Gasteiger partial charge in [-0.25, -0.2) is 4.98 Å². The molecule has 0 aliphatic carbocycles. The number of anilines is 2. The van der Waals surface area contributed by atoms with Crippen molar-refractivity contribution >= 4 is 40.7 Å². The molecule has 1 saturated heterocycles. The highest BCUT2D eigenvalue weighted by Crippen LogP contribution is 2.21. The van der Waals surface area contributed by atoms with Gasteiger partial charge in [-0.15, -0.1) is 0 Å². The highest BCUT2D eigenvalue weighted by Gasteiger charge is 2.14. The third kappa shape index (κ3) is 5.55. The Kier molecular flexibility index (Phi) is 7.08. The zero-order chi connectivity index (χ0) is 15.8. The first-order chi connectivity index (χ1) is 10.7. The Balaban J connectivity index is 1.92. The van der Waals surface area contributed by atoms with Crippen LogP contribution < -0.4 is 15.5 Å². The van der Waals surface area contributed by atoms with E-state index in [0.717, 1.165) is 31.9 Å². The Morgan fingerprint density at radius 1 is 1.36 bits per heavy atom. The van der Waals surface area contributed by atoms with E-state index in [0.29, 0.717) is 22.8 Å². The lowest BCUT2D eigenvalue weighted by Crippen LogP contribution is -2.32. The maximum atomic E-state index is 6.10. The van der Waals surface area contributed by atoms with Gasteiger partial charge in [0.1, 0.15) is 11.0 Å². The van der Waals surface area contributed by atoms with Crippen LogP contribution in [0, 0.1) is 0 Å². The quantitative estimate of drug-likeness (QED) is 0.467. The Morgan fingerprint density at radius 2 is 2.14 bits per heavy atom. The summed E-state index contributed by atoms with van der Waals surface area (Å²) in [6.07, 6.45) is 4.53. The Bertz CT molecular complexity index is 496. The lowest BCUT2D eigenvalue weighted by Gasteiger charge is -2.27. The fraction of sp³-hybridized carbons (Fsp3) is 0.643. The molecule has 2 heterocycles. The van der Waals surface area contributed by atoms with E-state index in [1.807, 2.05) is 0 Å². The fourth-order valence-electron chi connectivity index (χ4n) is 2.31. The lowest BCUT2D eigenvalue weighted by atomic mass is 10.1. The number of methoxy groups -OCH3 is 1. The van der Waals surface area contributed by atoms with Crippen molar-refractivity contribution in [1.82, 2.24) is 15.3 Å². The molecule has 2 rings (SSSR count). The average Bonchev–Trinajstić information content (AvgIpc) is 2.52. The van der Waals surface area contributed by atoms with Crippen molar-refractivity contribution in [3.05, 3.63) is 11.2 Å². The molecule has 8 heteroatoms. The summed E-state index contributed by atoms with van der Waals surface area (Å²) in [4.78, 5) is 10.9. The molecule has 2 N–H and O–H groups in total. The van der Waals surface area contributed by atoms with Crippen LogP contribution in [-0.4, -0.2) is 48.4 Å². The first-order valence-corrected chi connectivity index (χ1v) is 8.31. The Labute approximate surface area is 141 Å². The number of halogens is 1. The molecule has 0 radical (unpaired) electrons. The average molecular weight is 344 g/mol. The predicted octanol–water partition coefficient (Wildman–Crippen LogP) is 2.44. The van der Waals surface area contributed by atoms with Crippen LogP contribution in [0.25, 0.3) is 0 Å². The predicted molar refractivity (Wildman–Crippen MR) is 93.8 cm³/mol. The molecule has 6 nitrogen and oxygen atoms in total. The number of ether oxygens (including phenoxy) is 1.